The molecule has 0 radical (unpaired) electrons. The van der Waals surface area contributed by atoms with Gasteiger partial charge in [-0.05, 0) is 82.2 Å². The van der Waals surface area contributed by atoms with E-state index in [0.29, 0.717) is 10.1 Å². The predicted molar refractivity (Wildman–Crippen MR) is 239 cm³/mol. The average Bonchev–Trinajstić information content (AvgIpc) is 1.56. The molecule has 0 saturated heterocycles. The van der Waals surface area contributed by atoms with E-state index >= 15 is 0 Å². The van der Waals surface area contributed by atoms with Crippen LogP contribution >= 0.6 is 0 Å². The SMILES string of the molecule is [2H]c1c([2H])c([2H])c(-c2c([2H])c([2H])c([2H])c([2H])c2-n2c3c([2H])c([2H])c([2H])c([2H])c3c3c([2H])c(-c4c([2H])c([2H])c5c(c4[2H])c4c([2H])c([2H])c([2H])c([2H])c4n5-c4c([2H])c([2H])c([2H])c5c4oc4c([2H])c([2H])c([2H])c(-c6ccccc6)c45)c([2H])c([2H])c32)c([2H])c1[2H]. The van der Waals surface area contributed by atoms with Crippen molar-refractivity contribution < 1.29 is 44.2 Å². The molecule has 0 aliphatic carbocycles. The minimum atomic E-state index is -1.09. The van der Waals surface area contributed by atoms with Crippen molar-refractivity contribution in [3.05, 3.63) is 206 Å². The highest BCUT2D eigenvalue weighted by atomic mass is 16.3. The Hall–Kier alpha value is -7.62. The van der Waals surface area contributed by atoms with E-state index in [-0.39, 0.29) is 16.3 Å². The van der Waals surface area contributed by atoms with E-state index in [1.165, 1.54) is 0 Å². The molecule has 0 aliphatic rings. The molecule has 57 heavy (non-hydrogen) atoms. The fraction of sp³-hybridized carbons (Fsp3) is 0. The van der Waals surface area contributed by atoms with E-state index in [0.717, 1.165) is 4.57 Å². The van der Waals surface area contributed by atoms with Gasteiger partial charge in [-0.15, -0.1) is 0 Å². The van der Waals surface area contributed by atoms with Crippen LogP contribution in [0, 0.1) is 0 Å². The van der Waals surface area contributed by atoms with Gasteiger partial charge < -0.3 is 13.6 Å². The molecule has 12 rings (SSSR count). The first kappa shape index (κ1) is 14.5. The molecule has 3 heterocycles. The lowest BCUT2D eigenvalue weighted by atomic mass is 9.99. The van der Waals surface area contributed by atoms with E-state index in [1.54, 1.807) is 30.3 Å². The molecule has 0 bridgehead atoms. The quantitative estimate of drug-likeness (QED) is 0.172. The number of aromatic nitrogens is 2. The molecule has 0 aliphatic heterocycles. The molecule has 0 fully saturated rings. The van der Waals surface area contributed by atoms with Crippen LogP contribution in [0.2, 0.25) is 0 Å². The van der Waals surface area contributed by atoms with Gasteiger partial charge in [0, 0.05) is 37.9 Å². The number of furan rings is 1. The Balaban J connectivity index is 1.27. The zero-order chi connectivity index (χ0) is 62.7. The van der Waals surface area contributed by atoms with Crippen molar-refractivity contribution in [1.82, 2.24) is 9.13 Å². The molecule has 3 aromatic heterocycles. The normalized spacial score (nSPS) is 19.0. The maximum Gasteiger partial charge on any atom is 0.159 e. The Morgan fingerprint density at radius 3 is 1.63 bits per heavy atom. The van der Waals surface area contributed by atoms with Gasteiger partial charge >= 0.3 is 0 Å². The van der Waals surface area contributed by atoms with E-state index < -0.39 is 264 Å². The molecule has 0 spiro atoms. The number of hydrogen-bond donors (Lipinski definition) is 0. The molecule has 0 N–H and O–H groups in total. The molecule has 9 aromatic carbocycles. The zero-order valence-corrected chi connectivity index (χ0v) is 28.7. The third kappa shape index (κ3) is 4.79. The van der Waals surface area contributed by atoms with Crippen molar-refractivity contribution in [3.63, 3.8) is 0 Å². The van der Waals surface area contributed by atoms with Crippen LogP contribution in [-0.4, -0.2) is 9.13 Å². The summed E-state index contributed by atoms with van der Waals surface area (Å²) in [6.07, 6.45) is 0. The van der Waals surface area contributed by atoms with Crippen molar-refractivity contribution in [2.75, 3.05) is 0 Å². The van der Waals surface area contributed by atoms with Crippen LogP contribution in [-0.2, 0) is 0 Å². The fourth-order valence-electron chi connectivity index (χ4n) is 7.20. The summed E-state index contributed by atoms with van der Waals surface area (Å²) in [4.78, 5) is 0. The molecule has 0 atom stereocenters. The van der Waals surface area contributed by atoms with Crippen LogP contribution in [0.5, 0.6) is 0 Å². The predicted octanol–water partition coefficient (Wildman–Crippen LogP) is 14.8. The van der Waals surface area contributed by atoms with Gasteiger partial charge in [-0.2, -0.15) is 0 Å². The van der Waals surface area contributed by atoms with Crippen molar-refractivity contribution >= 4 is 65.6 Å². The second kappa shape index (κ2) is 12.5. The second-order valence-electron chi connectivity index (χ2n) is 12.6. The molecule has 12 aromatic rings. The van der Waals surface area contributed by atoms with Crippen LogP contribution in [0.1, 0.15) is 39.8 Å². The summed E-state index contributed by atoms with van der Waals surface area (Å²) < 4.78 is 274. The lowest BCUT2D eigenvalue weighted by Crippen LogP contribution is -1.97. The standard InChI is InChI=1S/C54H34N2O/c1-3-15-35(16-4-1)39-19-7-10-24-46(39)55-47-25-11-8-20-41(47)44-33-37(29-31-49(44)55)38-30-32-50-45(34-38)42-21-9-12-26-48(42)56(50)51-27-13-23-43-53-40(36-17-5-2-6-18-36)22-14-28-52(53)57-54(43)51/h1-34H/i1D,3D,4D,7D,8D,9D,10D,11D,12D,13D,14D,15D,16D,19D,20D,21D,22D,23D,24D,25D,26D,27D,28D,29D,30D,31D,32D,33D,34D. The average molecular weight is 756 g/mol. The Morgan fingerprint density at radius 1 is 0.368 bits per heavy atom. The molecule has 0 amide bonds. The molecular weight excluding hydrogens is 693 g/mol. The number of rotatable bonds is 5. The summed E-state index contributed by atoms with van der Waals surface area (Å²) in [6, 6.07) is -18.3. The molecule has 0 unspecified atom stereocenters. The third-order valence-corrected chi connectivity index (χ3v) is 9.60. The van der Waals surface area contributed by atoms with Crippen LogP contribution < -0.4 is 0 Å². The first-order valence-corrected chi connectivity index (χ1v) is 17.2. The highest BCUT2D eigenvalue weighted by Crippen LogP contribution is 2.43. The van der Waals surface area contributed by atoms with Crippen molar-refractivity contribution in [2.45, 2.75) is 0 Å². The zero-order valence-electron chi connectivity index (χ0n) is 57.7. The number of nitrogens with zero attached hydrogens (tertiary/aromatic N) is 2. The fourth-order valence-corrected chi connectivity index (χ4v) is 7.20. The summed E-state index contributed by atoms with van der Waals surface area (Å²) in [6.45, 7) is 0. The highest BCUT2D eigenvalue weighted by Gasteiger charge is 2.21. The Kier molecular flexibility index (Phi) is 3.16. The number of hydrogen-bond acceptors (Lipinski definition) is 1. The van der Waals surface area contributed by atoms with E-state index in [2.05, 4.69) is 0 Å². The van der Waals surface area contributed by atoms with Crippen LogP contribution in [0.25, 0.3) is 110 Å². The number of para-hydroxylation sites is 4. The van der Waals surface area contributed by atoms with Crippen molar-refractivity contribution in [3.8, 4) is 44.8 Å². The smallest absolute Gasteiger partial charge is 0.159 e. The lowest BCUT2D eigenvalue weighted by molar-refractivity contribution is 0.666. The molecule has 3 nitrogen and oxygen atoms in total. The van der Waals surface area contributed by atoms with Crippen LogP contribution in [0.15, 0.2) is 210 Å². The van der Waals surface area contributed by atoms with Gasteiger partial charge in [0.05, 0.1) is 73.2 Å². The van der Waals surface area contributed by atoms with E-state index in [9.17, 15) is 19.2 Å². The summed E-state index contributed by atoms with van der Waals surface area (Å²) in [5.41, 5.74) is -8.09. The van der Waals surface area contributed by atoms with E-state index in [1.807, 2.05) is 0 Å². The Morgan fingerprint density at radius 2 is 0.912 bits per heavy atom. The first-order valence-electron chi connectivity index (χ1n) is 31.7. The summed E-state index contributed by atoms with van der Waals surface area (Å²) in [5.74, 6) is 0. The minimum Gasteiger partial charge on any atom is -0.454 e. The minimum absolute atomic E-state index is 0.0155. The number of fused-ring (bicyclic) bond motifs is 9. The van der Waals surface area contributed by atoms with Gasteiger partial charge in [-0.1, -0.05) is 151 Å². The molecular formula is C54H34N2O. The Labute approximate surface area is 369 Å². The number of benzene rings is 9. The van der Waals surface area contributed by atoms with Crippen molar-refractivity contribution in [1.29, 1.82) is 0 Å². The van der Waals surface area contributed by atoms with Gasteiger partial charge in [0.15, 0.2) is 5.58 Å². The van der Waals surface area contributed by atoms with Gasteiger partial charge in [-0.3, -0.25) is 0 Å². The van der Waals surface area contributed by atoms with E-state index in [4.69, 9.17) is 25.0 Å². The topological polar surface area (TPSA) is 23.0 Å². The monoisotopic (exact) mass is 755 g/mol. The molecule has 266 valence electrons. The third-order valence-electron chi connectivity index (χ3n) is 9.60. The first-order chi connectivity index (χ1) is 40.4. The maximum absolute atomic E-state index is 10.1. The summed E-state index contributed by atoms with van der Waals surface area (Å²) >= 11 is 0. The Bertz CT molecular complexity index is 5190. The summed E-state index contributed by atoms with van der Waals surface area (Å²) in [5, 5.41) is -2.93. The highest BCUT2D eigenvalue weighted by molar-refractivity contribution is 6.17. The molecule has 3 heteroatoms. The van der Waals surface area contributed by atoms with Gasteiger partial charge in [-0.25, -0.2) is 0 Å². The maximum atomic E-state index is 10.1. The van der Waals surface area contributed by atoms with Crippen LogP contribution in [0.3, 0.4) is 0 Å². The van der Waals surface area contributed by atoms with Crippen LogP contribution in [0.4, 0.5) is 0 Å². The van der Waals surface area contributed by atoms with Gasteiger partial charge in [0.2, 0.25) is 0 Å². The van der Waals surface area contributed by atoms with Crippen molar-refractivity contribution in [2.24, 2.45) is 0 Å². The lowest BCUT2D eigenvalue weighted by Gasteiger charge is -2.14. The largest absolute Gasteiger partial charge is 0.454 e. The second-order valence-corrected chi connectivity index (χ2v) is 12.6. The summed E-state index contributed by atoms with van der Waals surface area (Å²) in [7, 11) is 0. The molecule has 0 saturated carbocycles. The van der Waals surface area contributed by atoms with Gasteiger partial charge in [0.25, 0.3) is 0 Å². The van der Waals surface area contributed by atoms with Gasteiger partial charge in [0.1, 0.15) is 5.58 Å².